The van der Waals surface area contributed by atoms with E-state index in [0.717, 1.165) is 105 Å². The lowest BCUT2D eigenvalue weighted by atomic mass is 9.74. The fourth-order valence-corrected chi connectivity index (χ4v) is 17.6. The smallest absolute Gasteiger partial charge is 0.321 e. The summed E-state index contributed by atoms with van der Waals surface area (Å²) in [6, 6.07) is 77.8. The lowest BCUT2D eigenvalue weighted by Gasteiger charge is -2.58. The van der Waals surface area contributed by atoms with E-state index in [4.69, 9.17) is 20.6 Å². The van der Waals surface area contributed by atoms with Crippen molar-refractivity contribution < 1.29 is 43.9 Å². The molecule has 6 N–H and O–H groups in total. The van der Waals surface area contributed by atoms with Crippen LogP contribution in [0.1, 0.15) is 81.5 Å². The van der Waals surface area contributed by atoms with E-state index in [-0.39, 0.29) is 104 Å². The van der Waals surface area contributed by atoms with Crippen LogP contribution in [0.4, 0.5) is 31.4 Å². The number of hydrogen-bond donors (Lipinski definition) is 6. The van der Waals surface area contributed by atoms with Gasteiger partial charge >= 0.3 is 18.1 Å². The van der Waals surface area contributed by atoms with Crippen LogP contribution in [-0.2, 0) is 0 Å². The molecule has 0 bridgehead atoms. The maximum atomic E-state index is 13.5. The van der Waals surface area contributed by atoms with E-state index in [1.807, 2.05) is 191 Å². The molecule has 6 saturated heterocycles. The molecule has 22 heteroatoms. The van der Waals surface area contributed by atoms with E-state index in [1.165, 1.54) is 16.7 Å². The zero-order chi connectivity index (χ0) is 85.5. The van der Waals surface area contributed by atoms with E-state index >= 15 is 0 Å². The fraction of sp³-hybridized carbons (Fsp3) is 0.364. The predicted molar refractivity (Wildman–Crippen MR) is 486 cm³/mol. The molecule has 0 radical (unpaired) electrons. The molecule has 12 atom stereocenters. The number of carbonyl (C=O) groups excluding carboxylic acids is 3. The average molecular weight is 1700 g/mol. The summed E-state index contributed by atoms with van der Waals surface area (Å²) >= 11 is 3.52. The van der Waals surface area contributed by atoms with E-state index < -0.39 is 0 Å². The molecule has 121 heavy (non-hydrogen) atoms. The summed E-state index contributed by atoms with van der Waals surface area (Å²) in [7, 11) is 17.4. The predicted octanol–water partition coefficient (Wildman–Crippen LogP) is 13.3. The number of amides is 6. The van der Waals surface area contributed by atoms with Gasteiger partial charge in [0.05, 0.1) is 41.2 Å². The average Bonchev–Trinajstić information content (AvgIpc) is 0.749. The molecule has 6 aliphatic rings. The number of hydrogen-bond acceptors (Lipinski definition) is 15. The van der Waals surface area contributed by atoms with Crippen LogP contribution in [0.3, 0.4) is 0 Å². The highest BCUT2D eigenvalue weighted by Gasteiger charge is 2.54. The second-order valence-corrected chi connectivity index (χ2v) is 33.1. The number of likely N-dealkylation sites (N-methyl/N-ethyl adjacent to an activating group) is 3. The Hall–Kier alpha value is -11.0. The first-order valence-corrected chi connectivity index (χ1v) is 42.4. The van der Waals surface area contributed by atoms with Crippen LogP contribution >= 0.6 is 15.9 Å². The number of carbonyl (C=O) groups is 3. The van der Waals surface area contributed by atoms with E-state index in [2.05, 4.69) is 194 Å². The third-order valence-corrected chi connectivity index (χ3v) is 24.9. The largest absolute Gasteiger partial charge is 0.497 e. The first kappa shape index (κ1) is 89.3. The highest BCUT2D eigenvalue weighted by molar-refractivity contribution is 9.10. The van der Waals surface area contributed by atoms with Gasteiger partial charge in [-0.25, -0.2) is 14.4 Å². The maximum absolute atomic E-state index is 13.5. The van der Waals surface area contributed by atoms with Crippen LogP contribution in [-0.4, -0.2) is 274 Å². The van der Waals surface area contributed by atoms with Crippen molar-refractivity contribution in [1.29, 1.82) is 0 Å². The van der Waals surface area contributed by atoms with Crippen molar-refractivity contribution in [2.24, 2.45) is 0 Å². The van der Waals surface area contributed by atoms with E-state index in [0.29, 0.717) is 45.3 Å². The quantitative estimate of drug-likeness (QED) is 0.0528. The Bertz CT molecular complexity index is 4740. The van der Waals surface area contributed by atoms with Crippen molar-refractivity contribution in [2.75, 3.05) is 158 Å². The van der Waals surface area contributed by atoms with Crippen molar-refractivity contribution in [2.45, 2.75) is 91.4 Å². The molecule has 21 nitrogen and oxygen atoms in total. The number of methoxy groups -OCH3 is 3. The minimum Gasteiger partial charge on any atom is -0.497 e. The third-order valence-electron chi connectivity index (χ3n) is 24.4. The van der Waals surface area contributed by atoms with Crippen molar-refractivity contribution in [3.8, 4) is 53.3 Å². The van der Waals surface area contributed by atoms with Crippen molar-refractivity contribution in [1.82, 2.24) is 44.1 Å². The highest BCUT2D eigenvalue weighted by Crippen LogP contribution is 2.46. The first-order valence-electron chi connectivity index (χ1n) is 41.6. The Morgan fingerprint density at radius 3 is 0.868 bits per heavy atom. The molecule has 0 aliphatic carbocycles. The molecular weight excluding hydrogens is 1580 g/mol. The zero-order valence-electron chi connectivity index (χ0n) is 70.8. The number of rotatable bonds is 15. The number of ether oxygens (including phenoxy) is 3. The Balaban J connectivity index is 0.000000159. The maximum Gasteiger partial charge on any atom is 0.321 e. The molecule has 6 fully saturated rings. The molecule has 0 aromatic heterocycles. The summed E-state index contributed by atoms with van der Waals surface area (Å²) < 4.78 is 16.7. The summed E-state index contributed by atoms with van der Waals surface area (Å²) in [5.41, 5.74) is 10.6. The van der Waals surface area contributed by atoms with Gasteiger partial charge in [-0.1, -0.05) is 137 Å². The number of terminal acetylenes is 1. The molecule has 9 aromatic rings. The summed E-state index contributed by atoms with van der Waals surface area (Å²) in [6.45, 7) is 6.73. The van der Waals surface area contributed by atoms with Crippen LogP contribution in [0.25, 0.3) is 0 Å². The second-order valence-electron chi connectivity index (χ2n) is 32.2. The second kappa shape index (κ2) is 43.5. The van der Waals surface area contributed by atoms with Crippen LogP contribution in [0, 0.1) is 36.0 Å². The van der Waals surface area contributed by atoms with Crippen LogP contribution in [0.5, 0.6) is 17.2 Å². The van der Waals surface area contributed by atoms with Crippen molar-refractivity contribution >= 4 is 51.1 Å². The minimum atomic E-state index is -0.109. The minimum absolute atomic E-state index is 0.0123. The lowest BCUT2D eigenvalue weighted by molar-refractivity contribution is -0.0724. The Labute approximate surface area is 723 Å². The number of aliphatic hydroxyl groups excluding tert-OH is 3. The van der Waals surface area contributed by atoms with E-state index in [1.54, 1.807) is 21.3 Å². The van der Waals surface area contributed by atoms with Crippen molar-refractivity contribution in [3.63, 3.8) is 0 Å². The monoisotopic (exact) mass is 1690 g/mol. The molecular formula is C99H115BrN12O9. The number of nitrogens with zero attached hydrogens (tertiary/aromatic N) is 9. The summed E-state index contributed by atoms with van der Waals surface area (Å²) in [4.78, 5) is 59.8. The molecule has 9 aromatic carbocycles. The third kappa shape index (κ3) is 23.2. The van der Waals surface area contributed by atoms with Gasteiger partial charge in [0.15, 0.2) is 0 Å². The normalized spacial score (nSPS) is 22.5. The van der Waals surface area contributed by atoms with Gasteiger partial charge in [0.25, 0.3) is 0 Å². The number of fused-ring (bicyclic) bond motifs is 3. The van der Waals surface area contributed by atoms with Gasteiger partial charge in [0.1, 0.15) is 17.2 Å². The molecule has 6 amide bonds. The summed E-state index contributed by atoms with van der Waals surface area (Å²) in [5, 5.41) is 40.3. The first-order chi connectivity index (χ1) is 58.8. The SMILES string of the molecule is C#Cc1ccccc1.COc1ccc(NC(=O)N2CCC(N(C)C)CN3[C@H](CO)[C@H](c4ccc(Br)cc4)[C@@H]3C2)cc1.COc1ccc(NC(=O)N2CCC(N(C)C)CN3[C@H](CO)[C@H](c4ccc(C#Cc5ccccc5)cc4)[C@@H]3C2)cc1.COc1ccc(NC(=O)N2CCC(N(C)C)CN3[C@H](CO)[C@H](c4ccc(C#Cc5ccccc5)cc4)[C@@H]3C2)cc1. The van der Waals surface area contributed by atoms with Crippen molar-refractivity contribution in [3.05, 3.63) is 286 Å². The Morgan fingerprint density at radius 2 is 0.628 bits per heavy atom. The van der Waals surface area contributed by atoms with Gasteiger partial charge in [-0.05, 0) is 224 Å². The van der Waals surface area contributed by atoms with Gasteiger partial charge < -0.3 is 74.9 Å². The van der Waals surface area contributed by atoms with Crippen LogP contribution < -0.4 is 30.2 Å². The number of nitrogens with one attached hydrogen (secondary N) is 3. The van der Waals surface area contributed by atoms with Gasteiger partial charge in [-0.15, -0.1) is 6.42 Å². The lowest BCUT2D eigenvalue weighted by Crippen LogP contribution is -2.70. The molecule has 3 unspecified atom stereocenters. The number of anilines is 3. The van der Waals surface area contributed by atoms with Crippen LogP contribution in [0.15, 0.2) is 241 Å². The number of benzene rings is 9. The fourth-order valence-electron chi connectivity index (χ4n) is 17.3. The Morgan fingerprint density at radius 1 is 0.372 bits per heavy atom. The van der Waals surface area contributed by atoms with Gasteiger partial charge in [-0.3, -0.25) is 14.7 Å². The Kier molecular flexibility index (Phi) is 32.1. The molecule has 0 spiro atoms. The molecule has 0 saturated carbocycles. The highest BCUT2D eigenvalue weighted by atomic mass is 79.9. The van der Waals surface area contributed by atoms with Crippen LogP contribution in [0.2, 0.25) is 0 Å². The number of urea groups is 3. The molecule has 6 aliphatic heterocycles. The summed E-state index contributed by atoms with van der Waals surface area (Å²) in [6.07, 6.45) is 7.71. The zero-order valence-corrected chi connectivity index (χ0v) is 72.4. The number of aliphatic hydroxyl groups is 3. The van der Waals surface area contributed by atoms with Gasteiger partial charge in [-0.2, -0.15) is 0 Å². The van der Waals surface area contributed by atoms with E-state index in [9.17, 15) is 29.7 Å². The standard InChI is InChI=1S/2C33H38N4O3.C25H33BrN4O3.C8H6/c2*1-35(2)28-19-20-36(33(39)34-27-15-17-29(40-3)18-16-27)22-30-32(31(23-38)37(30)21-28)26-13-11-25(12-14-26)10-9-24-7-5-4-6-8-24;1-28(2)20-12-13-29(25(32)27-19-8-10-21(33-3)11-9-19)15-22-24(23(16-31)30(22)14-20)17-4-6-18(26)7-5-17;1-2-8-6-4-3-5-7-8/h2*4-8,11-18,28,30-32,38H,19-23H2,1-3H3,(H,34,39);4-11,20,22-24,31H,12-16H2,1-3H3,(H,27,32);1,3-7H/t2*28?,30-,31+,32+;20?,22-,23+,24+;/m000./s1. The summed E-state index contributed by atoms with van der Waals surface area (Å²) in [5.74, 6) is 18.1. The molecule has 15 rings (SSSR count). The van der Waals surface area contributed by atoms with Gasteiger partial charge in [0.2, 0.25) is 0 Å². The molecule has 6 heterocycles. The van der Waals surface area contributed by atoms with Gasteiger partial charge in [0, 0.05) is 180 Å². The topological polar surface area (TPSA) is 205 Å². The molecule has 632 valence electrons. The number of halogens is 1.